The van der Waals surface area contributed by atoms with E-state index in [-0.39, 0.29) is 5.91 Å². The SMILES string of the molecule is COc1ccc(C(=O)Nc2ccc(Nc3ccccc3C#N)cc2)cc1. The summed E-state index contributed by atoms with van der Waals surface area (Å²) in [7, 11) is 1.58. The van der Waals surface area contributed by atoms with Crippen LogP contribution in [0.1, 0.15) is 15.9 Å². The number of nitrogens with one attached hydrogen (secondary N) is 2. The minimum absolute atomic E-state index is 0.191. The predicted molar refractivity (Wildman–Crippen MR) is 102 cm³/mol. The molecule has 0 radical (unpaired) electrons. The van der Waals surface area contributed by atoms with Gasteiger partial charge in [-0.15, -0.1) is 0 Å². The number of nitrogens with zero attached hydrogens (tertiary/aromatic N) is 1. The van der Waals surface area contributed by atoms with Crippen LogP contribution in [0.4, 0.5) is 17.1 Å². The van der Waals surface area contributed by atoms with Crippen molar-refractivity contribution < 1.29 is 9.53 Å². The van der Waals surface area contributed by atoms with Crippen molar-refractivity contribution in [3.05, 3.63) is 83.9 Å². The van der Waals surface area contributed by atoms with Crippen LogP contribution in [-0.2, 0) is 0 Å². The normalized spacial score (nSPS) is 9.85. The van der Waals surface area contributed by atoms with Gasteiger partial charge in [0.15, 0.2) is 0 Å². The van der Waals surface area contributed by atoms with Gasteiger partial charge in [0.05, 0.1) is 18.4 Å². The number of anilines is 3. The number of para-hydroxylation sites is 1. The van der Waals surface area contributed by atoms with Crippen LogP contribution in [-0.4, -0.2) is 13.0 Å². The number of benzene rings is 3. The molecule has 3 aromatic rings. The molecule has 128 valence electrons. The molecule has 0 spiro atoms. The second-order valence-electron chi connectivity index (χ2n) is 5.54. The lowest BCUT2D eigenvalue weighted by Gasteiger charge is -2.10. The van der Waals surface area contributed by atoms with Crippen molar-refractivity contribution >= 4 is 23.0 Å². The van der Waals surface area contributed by atoms with E-state index in [9.17, 15) is 4.79 Å². The number of rotatable bonds is 5. The zero-order chi connectivity index (χ0) is 18.4. The Kier molecular flexibility index (Phi) is 5.16. The molecule has 0 aromatic heterocycles. The van der Waals surface area contributed by atoms with Crippen molar-refractivity contribution in [2.75, 3.05) is 17.7 Å². The molecule has 0 saturated carbocycles. The third kappa shape index (κ3) is 4.00. The van der Waals surface area contributed by atoms with Crippen LogP contribution in [0.25, 0.3) is 0 Å². The summed E-state index contributed by atoms with van der Waals surface area (Å²) in [6.07, 6.45) is 0. The third-order valence-corrected chi connectivity index (χ3v) is 3.82. The first-order valence-corrected chi connectivity index (χ1v) is 8.01. The summed E-state index contributed by atoms with van der Waals surface area (Å²) < 4.78 is 5.09. The van der Waals surface area contributed by atoms with Crippen LogP contribution < -0.4 is 15.4 Å². The zero-order valence-electron chi connectivity index (χ0n) is 14.2. The lowest BCUT2D eigenvalue weighted by molar-refractivity contribution is 0.102. The fraction of sp³-hybridized carbons (Fsp3) is 0.0476. The first-order valence-electron chi connectivity index (χ1n) is 8.01. The first-order chi connectivity index (χ1) is 12.7. The molecule has 0 aliphatic rings. The quantitative estimate of drug-likeness (QED) is 0.712. The molecule has 0 unspecified atom stereocenters. The third-order valence-electron chi connectivity index (χ3n) is 3.82. The van der Waals surface area contributed by atoms with Gasteiger partial charge in [0.1, 0.15) is 11.8 Å². The smallest absolute Gasteiger partial charge is 0.255 e. The highest BCUT2D eigenvalue weighted by atomic mass is 16.5. The van der Waals surface area contributed by atoms with Gasteiger partial charge in [-0.05, 0) is 60.7 Å². The topological polar surface area (TPSA) is 74.2 Å². The van der Waals surface area contributed by atoms with Crippen LogP contribution in [0.5, 0.6) is 5.75 Å². The Morgan fingerprint density at radius 2 is 1.58 bits per heavy atom. The lowest BCUT2D eigenvalue weighted by Crippen LogP contribution is -2.11. The second kappa shape index (κ2) is 7.86. The maximum Gasteiger partial charge on any atom is 0.255 e. The van der Waals surface area contributed by atoms with E-state index in [2.05, 4.69) is 16.7 Å². The highest BCUT2D eigenvalue weighted by Gasteiger charge is 2.07. The van der Waals surface area contributed by atoms with Crippen molar-refractivity contribution in [1.29, 1.82) is 5.26 Å². The molecule has 0 bridgehead atoms. The minimum Gasteiger partial charge on any atom is -0.497 e. The molecule has 0 heterocycles. The van der Waals surface area contributed by atoms with Gasteiger partial charge in [-0.2, -0.15) is 5.26 Å². The van der Waals surface area contributed by atoms with Gasteiger partial charge in [-0.3, -0.25) is 4.79 Å². The van der Waals surface area contributed by atoms with Crippen LogP contribution in [0.3, 0.4) is 0 Å². The van der Waals surface area contributed by atoms with E-state index in [0.717, 1.165) is 11.4 Å². The molecule has 5 heteroatoms. The van der Waals surface area contributed by atoms with E-state index in [1.807, 2.05) is 30.3 Å². The number of carbonyl (C=O) groups excluding carboxylic acids is 1. The molecule has 0 saturated heterocycles. The Bertz CT molecular complexity index is 942. The molecule has 2 N–H and O–H groups in total. The summed E-state index contributed by atoms with van der Waals surface area (Å²) in [4.78, 5) is 12.3. The van der Waals surface area contributed by atoms with E-state index in [1.54, 1.807) is 49.6 Å². The van der Waals surface area contributed by atoms with E-state index < -0.39 is 0 Å². The van der Waals surface area contributed by atoms with Crippen molar-refractivity contribution in [2.24, 2.45) is 0 Å². The van der Waals surface area contributed by atoms with Crippen LogP contribution in [0.15, 0.2) is 72.8 Å². The summed E-state index contributed by atoms with van der Waals surface area (Å²) in [6, 6.07) is 23.7. The summed E-state index contributed by atoms with van der Waals surface area (Å²) in [5, 5.41) is 15.2. The number of methoxy groups -OCH3 is 1. The summed E-state index contributed by atoms with van der Waals surface area (Å²) in [6.45, 7) is 0. The fourth-order valence-corrected chi connectivity index (χ4v) is 2.43. The molecule has 0 fully saturated rings. The van der Waals surface area contributed by atoms with Gasteiger partial charge < -0.3 is 15.4 Å². The highest BCUT2D eigenvalue weighted by molar-refractivity contribution is 6.04. The van der Waals surface area contributed by atoms with Gasteiger partial charge in [0.2, 0.25) is 0 Å². The van der Waals surface area contributed by atoms with Crippen LogP contribution in [0.2, 0.25) is 0 Å². The molecule has 0 aliphatic heterocycles. The van der Waals surface area contributed by atoms with Crippen molar-refractivity contribution in [3.8, 4) is 11.8 Å². The van der Waals surface area contributed by atoms with Gasteiger partial charge in [-0.1, -0.05) is 12.1 Å². The Labute approximate surface area is 151 Å². The Balaban J connectivity index is 1.67. The number of ether oxygens (including phenoxy) is 1. The zero-order valence-corrected chi connectivity index (χ0v) is 14.2. The van der Waals surface area contributed by atoms with E-state index >= 15 is 0 Å². The number of hydrogen-bond donors (Lipinski definition) is 2. The molecular formula is C21H17N3O2. The average molecular weight is 343 g/mol. The largest absolute Gasteiger partial charge is 0.497 e. The number of nitriles is 1. The molecule has 26 heavy (non-hydrogen) atoms. The first kappa shape index (κ1) is 17.1. The maximum absolute atomic E-state index is 12.3. The Morgan fingerprint density at radius 1 is 0.923 bits per heavy atom. The van der Waals surface area contributed by atoms with Crippen molar-refractivity contribution in [2.45, 2.75) is 0 Å². The maximum atomic E-state index is 12.3. The van der Waals surface area contributed by atoms with E-state index in [4.69, 9.17) is 10.00 Å². The summed E-state index contributed by atoms with van der Waals surface area (Å²) in [5.74, 6) is 0.512. The fourth-order valence-electron chi connectivity index (χ4n) is 2.43. The Hall–Kier alpha value is -3.78. The van der Waals surface area contributed by atoms with Crippen LogP contribution in [0, 0.1) is 11.3 Å². The van der Waals surface area contributed by atoms with Crippen molar-refractivity contribution in [3.63, 3.8) is 0 Å². The van der Waals surface area contributed by atoms with Crippen LogP contribution >= 0.6 is 0 Å². The summed E-state index contributed by atoms with van der Waals surface area (Å²) >= 11 is 0. The number of amides is 1. The molecule has 1 amide bonds. The van der Waals surface area contributed by atoms with E-state index in [0.29, 0.717) is 22.6 Å². The Morgan fingerprint density at radius 3 is 2.23 bits per heavy atom. The average Bonchev–Trinajstić information content (AvgIpc) is 2.70. The molecule has 5 nitrogen and oxygen atoms in total. The second-order valence-corrected chi connectivity index (χ2v) is 5.54. The molecular weight excluding hydrogens is 326 g/mol. The van der Waals surface area contributed by atoms with Gasteiger partial charge in [0, 0.05) is 16.9 Å². The summed E-state index contributed by atoms with van der Waals surface area (Å²) in [5.41, 5.74) is 3.38. The molecule has 0 aliphatic carbocycles. The molecule has 3 rings (SSSR count). The number of hydrogen-bond acceptors (Lipinski definition) is 4. The van der Waals surface area contributed by atoms with Gasteiger partial charge >= 0.3 is 0 Å². The number of carbonyl (C=O) groups is 1. The molecule has 0 atom stereocenters. The predicted octanol–water partition coefficient (Wildman–Crippen LogP) is 4.56. The highest BCUT2D eigenvalue weighted by Crippen LogP contribution is 2.22. The van der Waals surface area contributed by atoms with E-state index in [1.165, 1.54) is 0 Å². The van der Waals surface area contributed by atoms with Crippen molar-refractivity contribution in [1.82, 2.24) is 0 Å². The standard InChI is InChI=1S/C21H17N3O2/c1-26-19-12-6-15(7-13-19)21(25)24-18-10-8-17(9-11-18)23-20-5-3-2-4-16(20)14-22/h2-13,23H,1H3,(H,24,25). The molecule has 3 aromatic carbocycles. The van der Waals surface area contributed by atoms with Gasteiger partial charge in [-0.25, -0.2) is 0 Å². The monoisotopic (exact) mass is 343 g/mol. The minimum atomic E-state index is -0.191. The van der Waals surface area contributed by atoms with Gasteiger partial charge in [0.25, 0.3) is 5.91 Å². The lowest BCUT2D eigenvalue weighted by atomic mass is 10.1.